The maximum Gasteiger partial charge on any atom is 0.219 e. The lowest BCUT2D eigenvalue weighted by Crippen LogP contribution is -2.35. The zero-order chi connectivity index (χ0) is 8.55. The maximum atomic E-state index is 4.87. The number of hydrogen-bond donors (Lipinski definition) is 0. The van der Waals surface area contributed by atoms with Crippen LogP contribution in [0, 0.1) is 12.5 Å². The molecular weight excluding hydrogens is 152 g/mol. The van der Waals surface area contributed by atoms with Crippen molar-refractivity contribution in [3.63, 3.8) is 0 Å². The number of rotatable bonds is 1. The lowest BCUT2D eigenvalue weighted by molar-refractivity contribution is -0.381. The van der Waals surface area contributed by atoms with Gasteiger partial charge in [0.1, 0.15) is 0 Å². The molecule has 0 atom stereocenters. The van der Waals surface area contributed by atoms with Gasteiger partial charge in [0.2, 0.25) is 6.29 Å². The normalized spacial score (nSPS) is 21.9. The van der Waals surface area contributed by atoms with Crippen LogP contribution in [0.4, 0.5) is 0 Å². The summed E-state index contributed by atoms with van der Waals surface area (Å²) in [5.41, 5.74) is 4.83. The summed E-state index contributed by atoms with van der Waals surface area (Å²) >= 11 is 0. The molecule has 3 heteroatoms. The molecule has 0 fully saturated rings. The highest BCUT2D eigenvalue weighted by atomic mass is 16.6. The van der Waals surface area contributed by atoms with E-state index in [1.165, 1.54) is 5.92 Å². The average molecular weight is 164 g/mol. The monoisotopic (exact) mass is 164 g/mol. The largest absolute Gasteiger partial charge is 0.387 e. The maximum absolute atomic E-state index is 4.87. The summed E-state index contributed by atoms with van der Waals surface area (Å²) in [4.78, 5) is 2.25. The third kappa shape index (κ3) is 1.16. The van der Waals surface area contributed by atoms with Crippen molar-refractivity contribution in [3.05, 3.63) is 29.7 Å². The van der Waals surface area contributed by atoms with Crippen LogP contribution in [0.5, 0.6) is 0 Å². The first-order chi connectivity index (χ1) is 5.77. The zero-order valence-electron chi connectivity index (χ0n) is 7.32. The predicted molar refractivity (Wildman–Crippen MR) is 46.9 cm³/mol. The molecule has 0 N–H and O–H groups in total. The van der Waals surface area contributed by atoms with Crippen molar-refractivity contribution in [1.29, 1.82) is 0 Å². The second kappa shape index (κ2) is 2.75. The minimum atomic E-state index is 0.532. The van der Waals surface area contributed by atoms with E-state index in [0.29, 0.717) is 6.04 Å². The summed E-state index contributed by atoms with van der Waals surface area (Å²) in [6.45, 7) is 7.31. The smallest absolute Gasteiger partial charge is 0.219 e. The summed E-state index contributed by atoms with van der Waals surface area (Å²) in [6.07, 6.45) is 3.70. The van der Waals surface area contributed by atoms with Crippen molar-refractivity contribution in [2.75, 3.05) is 6.54 Å². The molecule has 12 heavy (non-hydrogen) atoms. The molecule has 0 amide bonds. The van der Waals surface area contributed by atoms with Gasteiger partial charge in [-0.3, -0.25) is 6.54 Å². The molecule has 0 aromatic heterocycles. The molecule has 0 aromatic rings. The quantitative estimate of drug-likeness (QED) is 0.327. The number of aldehydes is 1. The van der Waals surface area contributed by atoms with E-state index in [1.54, 1.807) is 6.29 Å². The van der Waals surface area contributed by atoms with Gasteiger partial charge in [-0.05, 0) is 6.04 Å². The molecule has 0 aromatic carbocycles. The predicted octanol–water partition coefficient (Wildman–Crippen LogP) is 1.37. The summed E-state index contributed by atoms with van der Waals surface area (Å²) in [5.74, 6) is 1.17. The molecule has 2 aliphatic rings. The Labute approximate surface area is 72.7 Å². The van der Waals surface area contributed by atoms with Crippen LogP contribution in [0.2, 0.25) is 0 Å². The number of nitrogens with zero attached hydrogens (tertiary/aromatic N) is 2. The van der Waals surface area contributed by atoms with Crippen molar-refractivity contribution in [2.45, 2.75) is 19.9 Å². The minimum absolute atomic E-state index is 0.532. The standard InChI is InChI=1S/C9H12N2O/c1-7(2)11-4-3-9-8(5-11)6-12-10-9/h3-4,6-7H,5H2,1-2H3/q-2. The minimum Gasteiger partial charge on any atom is -0.387 e. The van der Waals surface area contributed by atoms with Crippen molar-refractivity contribution in [2.24, 2.45) is 0 Å². The van der Waals surface area contributed by atoms with Gasteiger partial charge in [0.25, 0.3) is 0 Å². The average Bonchev–Trinajstić information content (AvgIpc) is 2.49. The van der Waals surface area contributed by atoms with Crippen molar-refractivity contribution < 1.29 is 4.53 Å². The first kappa shape index (κ1) is 7.55. The van der Waals surface area contributed by atoms with Gasteiger partial charge < -0.3 is 26.7 Å². The summed E-state index contributed by atoms with van der Waals surface area (Å²) in [7, 11) is 0. The van der Waals surface area contributed by atoms with Crippen LogP contribution in [0.25, 0.3) is 5.48 Å². The summed E-state index contributed by atoms with van der Waals surface area (Å²) in [6, 6.07) is 0.532. The fourth-order valence-electron chi connectivity index (χ4n) is 1.29. The lowest BCUT2D eigenvalue weighted by Gasteiger charge is -2.47. The van der Waals surface area contributed by atoms with Crippen molar-refractivity contribution in [1.82, 2.24) is 4.90 Å². The summed E-state index contributed by atoms with van der Waals surface area (Å²) in [5, 5.41) is 0. The molecule has 0 spiro atoms. The number of hydrogen-bond acceptors (Lipinski definition) is 1. The highest BCUT2D eigenvalue weighted by Crippen LogP contribution is 2.28. The molecule has 0 saturated heterocycles. The Morgan fingerprint density at radius 2 is 2.58 bits per heavy atom. The molecular formula is C9H12N2O-2. The molecule has 2 rings (SSSR count). The fraction of sp³-hybridized carbons (Fsp3) is 0.444. The Morgan fingerprint density at radius 1 is 1.75 bits per heavy atom. The highest BCUT2D eigenvalue weighted by molar-refractivity contribution is 5.80. The number of carbonyl (C=O) groups excluding carboxylic acids is 1. The van der Waals surface area contributed by atoms with Gasteiger partial charge in [0, 0.05) is 0 Å². The molecule has 2 heterocycles. The first-order valence-corrected chi connectivity index (χ1v) is 4.14. The van der Waals surface area contributed by atoms with Crippen LogP contribution in [-0.4, -0.2) is 23.8 Å². The van der Waals surface area contributed by atoms with E-state index in [9.17, 15) is 0 Å². The molecule has 0 bridgehead atoms. The van der Waals surface area contributed by atoms with Gasteiger partial charge in [-0.2, -0.15) is 5.92 Å². The second-order valence-corrected chi connectivity index (χ2v) is 3.31. The SMILES string of the molecule is CC(C)N1[CH-]C=C2[N-][O+]=C[C-]2C1. The van der Waals surface area contributed by atoms with Crippen LogP contribution in [0.3, 0.4) is 0 Å². The molecule has 2 aliphatic heterocycles. The Morgan fingerprint density at radius 3 is 3.33 bits per heavy atom. The van der Waals surface area contributed by atoms with E-state index >= 15 is 0 Å². The van der Waals surface area contributed by atoms with Gasteiger partial charge in [-0.1, -0.05) is 20.4 Å². The van der Waals surface area contributed by atoms with E-state index in [-0.39, 0.29) is 0 Å². The van der Waals surface area contributed by atoms with Crippen LogP contribution in [0.15, 0.2) is 11.8 Å². The van der Waals surface area contributed by atoms with E-state index in [2.05, 4.69) is 30.8 Å². The molecule has 0 saturated carbocycles. The van der Waals surface area contributed by atoms with Gasteiger partial charge >= 0.3 is 0 Å². The van der Waals surface area contributed by atoms with Crippen LogP contribution < -0.4 is 0 Å². The van der Waals surface area contributed by atoms with Crippen molar-refractivity contribution >= 4 is 6.29 Å². The first-order valence-electron chi connectivity index (χ1n) is 4.14. The zero-order valence-corrected chi connectivity index (χ0v) is 7.32. The second-order valence-electron chi connectivity index (χ2n) is 3.31. The van der Waals surface area contributed by atoms with E-state index in [1.807, 2.05) is 6.08 Å². The molecule has 0 aliphatic carbocycles. The van der Waals surface area contributed by atoms with Gasteiger partial charge in [0.15, 0.2) is 0 Å². The van der Waals surface area contributed by atoms with E-state index in [4.69, 9.17) is 4.53 Å². The van der Waals surface area contributed by atoms with Gasteiger partial charge in [-0.25, -0.2) is 0 Å². The Bertz CT molecular complexity index is 233. The fourth-order valence-corrected chi connectivity index (χ4v) is 1.29. The van der Waals surface area contributed by atoms with E-state index in [0.717, 1.165) is 12.2 Å². The third-order valence-electron chi connectivity index (χ3n) is 2.12. The molecule has 66 valence electrons. The summed E-state index contributed by atoms with van der Waals surface area (Å²) < 4.78 is 4.87. The van der Waals surface area contributed by atoms with Crippen LogP contribution in [-0.2, 0) is 4.53 Å². The lowest BCUT2D eigenvalue weighted by atomic mass is 10.0. The van der Waals surface area contributed by atoms with Gasteiger partial charge in [-0.15, -0.1) is 0 Å². The molecule has 0 unspecified atom stereocenters. The van der Waals surface area contributed by atoms with Crippen LogP contribution >= 0.6 is 0 Å². The Balaban J connectivity index is 2.08. The van der Waals surface area contributed by atoms with Gasteiger partial charge in [0.05, 0.1) is 0 Å². The number of hydroxylamine groups is 1. The Kier molecular flexibility index (Phi) is 1.73. The highest BCUT2D eigenvalue weighted by Gasteiger charge is 2.10. The molecule has 0 radical (unpaired) electrons. The Hall–Kier alpha value is -1.09. The molecule has 3 nitrogen and oxygen atoms in total. The third-order valence-corrected chi connectivity index (χ3v) is 2.12. The van der Waals surface area contributed by atoms with Crippen LogP contribution in [0.1, 0.15) is 13.8 Å². The number of fused-ring (bicyclic) bond motifs is 1. The van der Waals surface area contributed by atoms with E-state index < -0.39 is 0 Å². The topological polar surface area (TPSA) is 28.6 Å². The van der Waals surface area contributed by atoms with Crippen molar-refractivity contribution in [3.8, 4) is 0 Å².